The quantitative estimate of drug-likeness (QED) is 0.345. The lowest BCUT2D eigenvalue weighted by Crippen LogP contribution is -2.37. The number of halogens is 2. The van der Waals surface area contributed by atoms with E-state index >= 15 is 0 Å². The van der Waals surface area contributed by atoms with Gasteiger partial charge in [0.25, 0.3) is 10.1 Å². The molecule has 0 amide bonds. The van der Waals surface area contributed by atoms with Gasteiger partial charge in [-0.15, -0.1) is 0 Å². The van der Waals surface area contributed by atoms with E-state index in [1.807, 2.05) is 29.8 Å². The second-order valence-electron chi connectivity index (χ2n) is 8.34. The molecule has 1 aliphatic rings. The molecule has 2 atom stereocenters. The van der Waals surface area contributed by atoms with Crippen LogP contribution in [-0.2, 0) is 36.7 Å². The summed E-state index contributed by atoms with van der Waals surface area (Å²) in [7, 11) is -3.89. The molecule has 182 valence electrons. The first-order valence-electron chi connectivity index (χ1n) is 10.9. The van der Waals surface area contributed by atoms with E-state index in [4.69, 9.17) is 36.9 Å². The van der Waals surface area contributed by atoms with Crippen molar-refractivity contribution in [3.05, 3.63) is 82.4 Å². The Kier molecular flexibility index (Phi) is 7.97. The molecule has 0 spiro atoms. The third-order valence-electron chi connectivity index (χ3n) is 5.63. The van der Waals surface area contributed by atoms with Crippen molar-refractivity contribution in [1.82, 2.24) is 9.55 Å². The standard InChI is InChI=1S/C24H26Cl2N2O5S/c1-18-4-8-22(9-5-18)34(29,30)32-15-21-14-31-24(33-21,16-28-12-11-27-17-28)10-2-3-19-6-7-20(25)13-23(19)26/h4-9,11-13,17,21H,2-3,10,14-16H2,1H3/t21-,24+/m1/s1. The minimum absolute atomic E-state index is 0.113. The number of imidazole rings is 1. The molecule has 1 saturated heterocycles. The SMILES string of the molecule is Cc1ccc(S(=O)(=O)OC[C@H]2CO[C@](CCCc3ccc(Cl)cc3Cl)(Cn3ccnc3)O2)cc1. The first-order valence-corrected chi connectivity index (χ1v) is 13.1. The molecule has 3 aromatic rings. The summed E-state index contributed by atoms with van der Waals surface area (Å²) in [5, 5.41) is 1.22. The molecule has 2 aromatic carbocycles. The number of benzene rings is 2. The average molecular weight is 525 g/mol. The molecule has 0 unspecified atom stereocenters. The first-order chi connectivity index (χ1) is 16.2. The Bertz CT molecular complexity index is 1200. The lowest BCUT2D eigenvalue weighted by Gasteiger charge is -2.28. The lowest BCUT2D eigenvalue weighted by atomic mass is 10.0. The Morgan fingerprint density at radius 2 is 2.00 bits per heavy atom. The zero-order chi connectivity index (χ0) is 24.2. The molecule has 10 heteroatoms. The summed E-state index contributed by atoms with van der Waals surface area (Å²) in [6, 6.07) is 12.0. The monoisotopic (exact) mass is 524 g/mol. The minimum Gasteiger partial charge on any atom is -0.345 e. The Morgan fingerprint density at radius 1 is 1.21 bits per heavy atom. The van der Waals surface area contributed by atoms with E-state index in [2.05, 4.69) is 4.98 Å². The van der Waals surface area contributed by atoms with E-state index < -0.39 is 22.0 Å². The van der Waals surface area contributed by atoms with Crippen molar-refractivity contribution in [2.75, 3.05) is 13.2 Å². The maximum Gasteiger partial charge on any atom is 0.297 e. The highest BCUT2D eigenvalue weighted by atomic mass is 35.5. The summed E-state index contributed by atoms with van der Waals surface area (Å²) < 4.78 is 44.6. The Morgan fingerprint density at radius 3 is 2.71 bits per heavy atom. The van der Waals surface area contributed by atoms with Gasteiger partial charge in [-0.1, -0.05) is 47.0 Å². The van der Waals surface area contributed by atoms with Crippen LogP contribution in [0.5, 0.6) is 0 Å². The fourth-order valence-corrected chi connectivity index (χ4v) is 5.30. The van der Waals surface area contributed by atoms with Crippen molar-refractivity contribution in [1.29, 1.82) is 0 Å². The van der Waals surface area contributed by atoms with Crippen molar-refractivity contribution >= 4 is 33.3 Å². The Balaban J connectivity index is 1.39. The third-order valence-corrected chi connectivity index (χ3v) is 7.52. The van der Waals surface area contributed by atoms with Crippen molar-refractivity contribution < 1.29 is 22.1 Å². The molecule has 0 saturated carbocycles. The van der Waals surface area contributed by atoms with Crippen LogP contribution in [0.15, 0.2) is 66.1 Å². The van der Waals surface area contributed by atoms with E-state index in [-0.39, 0.29) is 18.1 Å². The van der Waals surface area contributed by atoms with Gasteiger partial charge in [-0.3, -0.25) is 4.18 Å². The summed E-state index contributed by atoms with van der Waals surface area (Å²) >= 11 is 12.3. The maximum absolute atomic E-state index is 12.5. The van der Waals surface area contributed by atoms with Crippen molar-refractivity contribution in [3.8, 4) is 0 Å². The molecule has 0 aliphatic carbocycles. The molecule has 4 rings (SSSR count). The van der Waals surface area contributed by atoms with E-state index in [0.717, 1.165) is 24.0 Å². The number of ether oxygens (including phenoxy) is 2. The zero-order valence-electron chi connectivity index (χ0n) is 18.7. The van der Waals surface area contributed by atoms with Crippen molar-refractivity contribution in [2.24, 2.45) is 0 Å². The number of hydrogen-bond donors (Lipinski definition) is 0. The van der Waals surface area contributed by atoms with Crippen LogP contribution in [0.2, 0.25) is 10.0 Å². The number of nitrogens with zero attached hydrogens (tertiary/aromatic N) is 2. The zero-order valence-corrected chi connectivity index (χ0v) is 21.0. The summed E-state index contributed by atoms with van der Waals surface area (Å²) in [6.45, 7) is 2.40. The molecule has 7 nitrogen and oxygen atoms in total. The highest BCUT2D eigenvalue weighted by molar-refractivity contribution is 7.86. The molecular weight excluding hydrogens is 499 g/mol. The second kappa shape index (κ2) is 10.8. The van der Waals surface area contributed by atoms with Crippen LogP contribution in [0.1, 0.15) is 24.0 Å². The van der Waals surface area contributed by atoms with Crippen LogP contribution in [0.3, 0.4) is 0 Å². The number of aryl methyl sites for hydroxylation is 2. The predicted octanol–water partition coefficient (Wildman–Crippen LogP) is 5.04. The summed E-state index contributed by atoms with van der Waals surface area (Å²) in [6.07, 6.45) is 6.72. The Labute approximate surface area is 209 Å². The highest BCUT2D eigenvalue weighted by Crippen LogP contribution is 2.32. The van der Waals surface area contributed by atoms with E-state index in [1.165, 1.54) is 12.1 Å². The predicted molar refractivity (Wildman–Crippen MR) is 129 cm³/mol. The normalized spacial score (nSPS) is 20.6. The molecule has 2 heterocycles. The molecule has 0 N–H and O–H groups in total. The molecule has 1 fully saturated rings. The molecule has 1 aliphatic heterocycles. The summed E-state index contributed by atoms with van der Waals surface area (Å²) in [5.41, 5.74) is 1.96. The summed E-state index contributed by atoms with van der Waals surface area (Å²) in [5.74, 6) is -0.929. The lowest BCUT2D eigenvalue weighted by molar-refractivity contribution is -0.185. The van der Waals surface area contributed by atoms with Crippen LogP contribution >= 0.6 is 23.2 Å². The Hall–Kier alpha value is -1.94. The molecule has 0 radical (unpaired) electrons. The molecule has 0 bridgehead atoms. The van der Waals surface area contributed by atoms with E-state index in [9.17, 15) is 8.42 Å². The number of hydrogen-bond acceptors (Lipinski definition) is 6. The van der Waals surface area contributed by atoms with Crippen LogP contribution in [0.4, 0.5) is 0 Å². The molecular formula is C24H26Cl2N2O5S. The second-order valence-corrected chi connectivity index (χ2v) is 10.8. The number of aromatic nitrogens is 2. The molecule has 34 heavy (non-hydrogen) atoms. The van der Waals surface area contributed by atoms with Gasteiger partial charge in [-0.25, -0.2) is 4.98 Å². The van der Waals surface area contributed by atoms with Crippen LogP contribution < -0.4 is 0 Å². The largest absolute Gasteiger partial charge is 0.345 e. The van der Waals surface area contributed by atoms with Gasteiger partial charge < -0.3 is 14.0 Å². The van der Waals surface area contributed by atoms with Crippen LogP contribution in [0.25, 0.3) is 0 Å². The summed E-state index contributed by atoms with van der Waals surface area (Å²) in [4.78, 5) is 4.20. The van der Waals surface area contributed by atoms with E-state index in [0.29, 0.717) is 23.0 Å². The topological polar surface area (TPSA) is 79.7 Å². The van der Waals surface area contributed by atoms with Gasteiger partial charge in [0, 0.05) is 28.9 Å². The van der Waals surface area contributed by atoms with Gasteiger partial charge in [-0.05, 0) is 49.6 Å². The van der Waals surface area contributed by atoms with E-state index in [1.54, 1.807) is 30.7 Å². The van der Waals surface area contributed by atoms with Crippen LogP contribution in [-0.4, -0.2) is 43.1 Å². The third kappa shape index (κ3) is 6.38. The first kappa shape index (κ1) is 25.2. The van der Waals surface area contributed by atoms with Gasteiger partial charge >= 0.3 is 0 Å². The van der Waals surface area contributed by atoms with Gasteiger partial charge in [0.2, 0.25) is 0 Å². The van der Waals surface area contributed by atoms with Crippen molar-refractivity contribution in [2.45, 2.75) is 49.5 Å². The van der Waals surface area contributed by atoms with Gasteiger partial charge in [0.1, 0.15) is 6.10 Å². The van der Waals surface area contributed by atoms with Crippen LogP contribution in [0, 0.1) is 6.92 Å². The smallest absolute Gasteiger partial charge is 0.297 e. The maximum atomic E-state index is 12.5. The fraction of sp³-hybridized carbons (Fsp3) is 0.375. The molecule has 1 aromatic heterocycles. The van der Waals surface area contributed by atoms with Gasteiger partial charge in [-0.2, -0.15) is 8.42 Å². The fourth-order valence-electron chi connectivity index (χ4n) is 3.86. The number of rotatable bonds is 10. The average Bonchev–Trinajstić information content (AvgIpc) is 3.45. The van der Waals surface area contributed by atoms with Crippen molar-refractivity contribution in [3.63, 3.8) is 0 Å². The minimum atomic E-state index is -3.89. The highest BCUT2D eigenvalue weighted by Gasteiger charge is 2.42. The van der Waals surface area contributed by atoms with Gasteiger partial charge in [0.05, 0.1) is 31.0 Å². The van der Waals surface area contributed by atoms with Gasteiger partial charge in [0.15, 0.2) is 5.79 Å².